The number of benzene rings is 1. The van der Waals surface area contributed by atoms with Crippen molar-refractivity contribution < 1.29 is 13.9 Å². The smallest absolute Gasteiger partial charge is 0.360 e. The molecule has 2 rings (SSSR count). The second kappa shape index (κ2) is 5.69. The first-order chi connectivity index (χ1) is 9.24. The predicted octanol–water partition coefficient (Wildman–Crippen LogP) is 2.47. The van der Waals surface area contributed by atoms with Gasteiger partial charge in [0.25, 0.3) is 6.01 Å². The maximum atomic E-state index is 11.4. The van der Waals surface area contributed by atoms with Gasteiger partial charge in [-0.25, -0.2) is 4.79 Å². The summed E-state index contributed by atoms with van der Waals surface area (Å²) < 4.78 is 9.90. The van der Waals surface area contributed by atoms with E-state index in [1.165, 1.54) is 6.26 Å². The van der Waals surface area contributed by atoms with Gasteiger partial charge in [-0.05, 0) is 19.1 Å². The van der Waals surface area contributed by atoms with Gasteiger partial charge in [-0.1, -0.05) is 12.1 Å². The monoisotopic (exact) mass is 257 g/mol. The highest BCUT2D eigenvalue weighted by molar-refractivity contribution is 5.87. The number of anilines is 2. The lowest BCUT2D eigenvalue weighted by Gasteiger charge is -2.02. The van der Waals surface area contributed by atoms with Crippen molar-refractivity contribution in [3.63, 3.8) is 0 Å². The molecular weight excluding hydrogens is 246 g/mol. The van der Waals surface area contributed by atoms with Crippen LogP contribution in [0, 0.1) is 11.3 Å². The maximum absolute atomic E-state index is 11.4. The van der Waals surface area contributed by atoms with E-state index in [9.17, 15) is 4.79 Å². The third-order valence-electron chi connectivity index (χ3n) is 2.28. The normalized spacial score (nSPS) is 9.68. The first-order valence-electron chi connectivity index (χ1n) is 5.63. The van der Waals surface area contributed by atoms with Gasteiger partial charge in [0.05, 0.1) is 17.9 Å². The summed E-state index contributed by atoms with van der Waals surface area (Å²) in [5.41, 5.74) is 1.10. The summed E-state index contributed by atoms with van der Waals surface area (Å²) in [6.45, 7) is 1.98. The molecule has 96 valence electrons. The number of oxazole rings is 1. The molecule has 0 radical (unpaired) electrons. The minimum atomic E-state index is -0.548. The van der Waals surface area contributed by atoms with Gasteiger partial charge >= 0.3 is 5.97 Å². The van der Waals surface area contributed by atoms with Crippen LogP contribution < -0.4 is 5.32 Å². The number of rotatable bonds is 4. The second-order valence-corrected chi connectivity index (χ2v) is 3.54. The van der Waals surface area contributed by atoms with E-state index >= 15 is 0 Å². The molecule has 0 aliphatic heterocycles. The zero-order valence-electron chi connectivity index (χ0n) is 10.2. The minimum Gasteiger partial charge on any atom is -0.461 e. The molecule has 1 N–H and O–H groups in total. The van der Waals surface area contributed by atoms with Crippen molar-refractivity contribution in [1.82, 2.24) is 4.98 Å². The molecule has 2 aromatic rings. The number of nitrogens with zero attached hydrogens (tertiary/aromatic N) is 2. The Morgan fingerprint density at radius 2 is 2.32 bits per heavy atom. The van der Waals surface area contributed by atoms with E-state index in [1.807, 2.05) is 6.07 Å². The SMILES string of the molecule is CCOC(=O)c1coc(Nc2ccccc2C#N)n1. The quantitative estimate of drug-likeness (QED) is 0.846. The molecular formula is C13H11N3O3. The van der Waals surface area contributed by atoms with Crippen molar-refractivity contribution in [2.75, 3.05) is 11.9 Å². The topological polar surface area (TPSA) is 88.1 Å². The van der Waals surface area contributed by atoms with Crippen LogP contribution in [0.1, 0.15) is 23.0 Å². The average molecular weight is 257 g/mol. The van der Waals surface area contributed by atoms with Crippen molar-refractivity contribution in [3.05, 3.63) is 41.8 Å². The maximum Gasteiger partial charge on any atom is 0.360 e. The fraction of sp³-hybridized carbons (Fsp3) is 0.154. The van der Waals surface area contributed by atoms with Gasteiger partial charge in [-0.2, -0.15) is 10.2 Å². The van der Waals surface area contributed by atoms with E-state index in [-0.39, 0.29) is 18.3 Å². The van der Waals surface area contributed by atoms with E-state index in [0.717, 1.165) is 0 Å². The number of carbonyl (C=O) groups excluding carboxylic acids is 1. The Bertz CT molecular complexity index is 628. The van der Waals surface area contributed by atoms with Gasteiger partial charge < -0.3 is 14.5 Å². The number of ether oxygens (including phenoxy) is 1. The Morgan fingerprint density at radius 3 is 3.05 bits per heavy atom. The van der Waals surface area contributed by atoms with Crippen LogP contribution in [0.3, 0.4) is 0 Å². The highest BCUT2D eigenvalue weighted by Crippen LogP contribution is 2.19. The lowest BCUT2D eigenvalue weighted by Crippen LogP contribution is -2.05. The first kappa shape index (κ1) is 12.6. The third-order valence-corrected chi connectivity index (χ3v) is 2.28. The Morgan fingerprint density at radius 1 is 1.53 bits per heavy atom. The molecule has 0 fully saturated rings. The highest BCUT2D eigenvalue weighted by Gasteiger charge is 2.13. The molecule has 0 atom stereocenters. The Hall–Kier alpha value is -2.81. The number of esters is 1. The molecule has 0 amide bonds. The number of nitriles is 1. The van der Waals surface area contributed by atoms with Gasteiger partial charge in [-0.15, -0.1) is 0 Å². The zero-order valence-corrected chi connectivity index (χ0v) is 10.2. The van der Waals surface area contributed by atoms with Crippen molar-refractivity contribution >= 4 is 17.7 Å². The van der Waals surface area contributed by atoms with Gasteiger partial charge in [0.1, 0.15) is 12.3 Å². The van der Waals surface area contributed by atoms with Crippen molar-refractivity contribution in [1.29, 1.82) is 5.26 Å². The summed E-state index contributed by atoms with van der Waals surface area (Å²) in [5, 5.41) is 11.8. The molecule has 6 nitrogen and oxygen atoms in total. The summed E-state index contributed by atoms with van der Waals surface area (Å²) in [5.74, 6) is -0.548. The van der Waals surface area contributed by atoms with Crippen LogP contribution in [0.15, 0.2) is 34.9 Å². The van der Waals surface area contributed by atoms with Crippen LogP contribution >= 0.6 is 0 Å². The van der Waals surface area contributed by atoms with Crippen LogP contribution in [0.25, 0.3) is 0 Å². The Labute approximate surface area is 109 Å². The van der Waals surface area contributed by atoms with E-state index < -0.39 is 5.97 Å². The van der Waals surface area contributed by atoms with Crippen molar-refractivity contribution in [2.24, 2.45) is 0 Å². The Kier molecular flexibility index (Phi) is 3.78. The van der Waals surface area contributed by atoms with E-state index in [4.69, 9.17) is 14.4 Å². The van der Waals surface area contributed by atoms with Gasteiger partial charge in [-0.3, -0.25) is 0 Å². The standard InChI is InChI=1S/C13H11N3O3/c1-2-18-12(17)11-8-19-13(16-11)15-10-6-4-3-5-9(10)7-14/h3-6,8H,2H2,1H3,(H,15,16). The summed E-state index contributed by atoms with van der Waals surface area (Å²) in [7, 11) is 0. The fourth-order valence-corrected chi connectivity index (χ4v) is 1.43. The summed E-state index contributed by atoms with van der Waals surface area (Å²) in [6, 6.07) is 9.08. The molecule has 0 unspecified atom stereocenters. The number of para-hydroxylation sites is 1. The summed E-state index contributed by atoms with van der Waals surface area (Å²) in [6.07, 6.45) is 1.20. The zero-order chi connectivity index (χ0) is 13.7. The molecule has 0 saturated heterocycles. The molecule has 0 aliphatic carbocycles. The van der Waals surface area contributed by atoms with E-state index in [2.05, 4.69) is 10.3 Å². The van der Waals surface area contributed by atoms with Crippen LogP contribution in [-0.2, 0) is 4.74 Å². The molecule has 0 bridgehead atoms. The van der Waals surface area contributed by atoms with Crippen molar-refractivity contribution in [2.45, 2.75) is 6.92 Å². The summed E-state index contributed by atoms with van der Waals surface area (Å²) in [4.78, 5) is 15.3. The molecule has 0 spiro atoms. The number of aromatic nitrogens is 1. The molecule has 19 heavy (non-hydrogen) atoms. The van der Waals surface area contributed by atoms with E-state index in [1.54, 1.807) is 31.2 Å². The molecule has 0 aliphatic rings. The largest absolute Gasteiger partial charge is 0.461 e. The van der Waals surface area contributed by atoms with Gasteiger partial charge in [0, 0.05) is 0 Å². The lowest BCUT2D eigenvalue weighted by atomic mass is 10.2. The van der Waals surface area contributed by atoms with Crippen LogP contribution in [0.2, 0.25) is 0 Å². The number of hydrogen-bond acceptors (Lipinski definition) is 6. The van der Waals surface area contributed by atoms with Crippen LogP contribution in [0.5, 0.6) is 0 Å². The molecule has 1 heterocycles. The average Bonchev–Trinajstić information content (AvgIpc) is 2.88. The molecule has 0 saturated carbocycles. The van der Waals surface area contributed by atoms with Gasteiger partial charge in [0.2, 0.25) is 0 Å². The lowest BCUT2D eigenvalue weighted by molar-refractivity contribution is 0.0519. The molecule has 1 aromatic heterocycles. The molecule has 6 heteroatoms. The highest BCUT2D eigenvalue weighted by atomic mass is 16.5. The van der Waals surface area contributed by atoms with Crippen molar-refractivity contribution in [3.8, 4) is 6.07 Å². The first-order valence-corrected chi connectivity index (χ1v) is 5.63. The van der Waals surface area contributed by atoms with Gasteiger partial charge in [0.15, 0.2) is 5.69 Å². The Balaban J connectivity index is 2.16. The fourth-order valence-electron chi connectivity index (χ4n) is 1.43. The number of carbonyl (C=O) groups is 1. The summed E-state index contributed by atoms with van der Waals surface area (Å²) >= 11 is 0. The third kappa shape index (κ3) is 2.90. The second-order valence-electron chi connectivity index (χ2n) is 3.54. The molecule has 1 aromatic carbocycles. The minimum absolute atomic E-state index is 0.0822. The number of hydrogen-bond donors (Lipinski definition) is 1. The van der Waals surface area contributed by atoms with Crippen LogP contribution in [-0.4, -0.2) is 17.6 Å². The predicted molar refractivity (Wildman–Crippen MR) is 66.9 cm³/mol. The van der Waals surface area contributed by atoms with Crippen LogP contribution in [0.4, 0.5) is 11.7 Å². The van der Waals surface area contributed by atoms with E-state index in [0.29, 0.717) is 11.3 Å². The number of nitrogens with one attached hydrogen (secondary N) is 1.